The Bertz CT molecular complexity index is 1110. The lowest BCUT2D eigenvalue weighted by molar-refractivity contribution is 0.102. The van der Waals surface area contributed by atoms with E-state index in [2.05, 4.69) is 20.7 Å². The maximum absolute atomic E-state index is 12.6. The molecule has 0 aliphatic rings. The molecule has 9 heteroatoms. The minimum absolute atomic E-state index is 0.0639. The molecule has 3 aromatic rings. The first-order valence-corrected chi connectivity index (χ1v) is 9.72. The van der Waals surface area contributed by atoms with E-state index in [1.54, 1.807) is 24.3 Å². The highest BCUT2D eigenvalue weighted by atomic mass is 32.1. The van der Waals surface area contributed by atoms with E-state index in [9.17, 15) is 13.6 Å². The van der Waals surface area contributed by atoms with Crippen molar-refractivity contribution >= 4 is 33.9 Å². The highest BCUT2D eigenvalue weighted by Crippen LogP contribution is 2.32. The summed E-state index contributed by atoms with van der Waals surface area (Å²) in [7, 11) is 0. The lowest BCUT2D eigenvalue weighted by Crippen LogP contribution is -2.11. The summed E-state index contributed by atoms with van der Waals surface area (Å²) in [6.07, 6.45) is -1.81. The van der Waals surface area contributed by atoms with E-state index in [-0.39, 0.29) is 28.9 Å². The summed E-state index contributed by atoms with van der Waals surface area (Å²) >= 11 is 2.40. The molecule has 1 amide bonds. The second-order valence-corrected chi connectivity index (χ2v) is 7.97. The molecule has 1 aromatic carbocycles. The van der Waals surface area contributed by atoms with E-state index in [1.165, 1.54) is 18.3 Å². The number of benzene rings is 1. The standard InChI is InChI=1S/C19H14F2N4OS2/c1-10(17(20)21)6-16-23-19(28-25-16)24-18(26)14-8-15(27-11(14)2)13-5-3-4-12(7-13)9-22/h3-5,7-8H,6H2,1-2H3,(H,23,24,25,26). The lowest BCUT2D eigenvalue weighted by atomic mass is 10.1. The zero-order valence-electron chi connectivity index (χ0n) is 14.9. The SMILES string of the molecule is CC(Cc1nsc(NC(=O)c2cc(-c3cccc(C#N)c3)sc2C)n1)=C(F)F. The molecule has 2 heterocycles. The first-order chi connectivity index (χ1) is 13.4. The summed E-state index contributed by atoms with van der Waals surface area (Å²) in [6.45, 7) is 3.15. The van der Waals surface area contributed by atoms with E-state index in [4.69, 9.17) is 5.26 Å². The van der Waals surface area contributed by atoms with Crippen LogP contribution in [0.1, 0.15) is 33.5 Å². The van der Waals surface area contributed by atoms with Crippen LogP contribution >= 0.6 is 22.9 Å². The van der Waals surface area contributed by atoms with Gasteiger partial charge in [0.15, 0.2) is 0 Å². The molecule has 0 radical (unpaired) electrons. The minimum Gasteiger partial charge on any atom is -0.297 e. The Morgan fingerprint density at radius 2 is 2.11 bits per heavy atom. The van der Waals surface area contributed by atoms with Gasteiger partial charge in [-0.1, -0.05) is 12.1 Å². The van der Waals surface area contributed by atoms with E-state index in [0.29, 0.717) is 11.1 Å². The molecule has 3 rings (SSSR count). The monoisotopic (exact) mass is 416 g/mol. The predicted octanol–water partition coefficient (Wildman–Crippen LogP) is 5.41. The van der Waals surface area contributed by atoms with Crippen LogP contribution in [0.25, 0.3) is 10.4 Å². The average molecular weight is 416 g/mol. The van der Waals surface area contributed by atoms with Gasteiger partial charge < -0.3 is 0 Å². The van der Waals surface area contributed by atoms with Crippen LogP contribution in [0.3, 0.4) is 0 Å². The van der Waals surface area contributed by atoms with Gasteiger partial charge in [-0.2, -0.15) is 18.4 Å². The Balaban J connectivity index is 1.77. The molecule has 5 nitrogen and oxygen atoms in total. The third-order valence-electron chi connectivity index (χ3n) is 3.87. The molecule has 0 saturated carbocycles. The van der Waals surface area contributed by atoms with Gasteiger partial charge in [-0.05, 0) is 43.2 Å². The van der Waals surface area contributed by atoms with Crippen molar-refractivity contribution in [3.8, 4) is 16.5 Å². The molecule has 0 saturated heterocycles. The number of hydrogen-bond donors (Lipinski definition) is 1. The number of rotatable bonds is 5. The van der Waals surface area contributed by atoms with Gasteiger partial charge in [-0.25, -0.2) is 4.98 Å². The first-order valence-electron chi connectivity index (χ1n) is 8.13. The van der Waals surface area contributed by atoms with Crippen molar-refractivity contribution in [1.82, 2.24) is 9.36 Å². The van der Waals surface area contributed by atoms with Crippen molar-refractivity contribution in [3.05, 3.63) is 63.8 Å². The van der Waals surface area contributed by atoms with Crippen molar-refractivity contribution in [2.45, 2.75) is 20.3 Å². The normalized spacial score (nSPS) is 10.4. The summed E-state index contributed by atoms with van der Waals surface area (Å²) in [4.78, 5) is 18.4. The Hall–Kier alpha value is -2.96. The topological polar surface area (TPSA) is 78.7 Å². The number of carbonyl (C=O) groups excluding carboxylic acids is 1. The molecule has 1 N–H and O–H groups in total. The quantitative estimate of drug-likeness (QED) is 0.603. The van der Waals surface area contributed by atoms with Crippen LogP contribution in [0.5, 0.6) is 0 Å². The van der Waals surface area contributed by atoms with Crippen LogP contribution in [0.4, 0.5) is 13.9 Å². The second kappa shape index (κ2) is 8.37. The van der Waals surface area contributed by atoms with Gasteiger partial charge in [0.25, 0.3) is 12.0 Å². The largest absolute Gasteiger partial charge is 0.297 e. The number of nitrogens with zero attached hydrogens (tertiary/aromatic N) is 3. The van der Waals surface area contributed by atoms with Crippen molar-refractivity contribution in [2.75, 3.05) is 5.32 Å². The third-order valence-corrected chi connectivity index (χ3v) is 5.64. The number of nitrogens with one attached hydrogen (secondary N) is 1. The van der Waals surface area contributed by atoms with Gasteiger partial charge in [0.05, 0.1) is 17.2 Å². The van der Waals surface area contributed by atoms with E-state index < -0.39 is 6.08 Å². The number of halogens is 2. The maximum Gasteiger partial charge on any atom is 0.269 e. The number of amides is 1. The Labute approximate surface area is 168 Å². The smallest absolute Gasteiger partial charge is 0.269 e. The van der Waals surface area contributed by atoms with Gasteiger partial charge in [0.2, 0.25) is 5.13 Å². The molecule has 2 aromatic heterocycles. The molecule has 0 spiro atoms. The van der Waals surface area contributed by atoms with E-state index >= 15 is 0 Å². The Morgan fingerprint density at radius 3 is 2.82 bits per heavy atom. The molecule has 0 aliphatic heterocycles. The van der Waals surface area contributed by atoms with Gasteiger partial charge >= 0.3 is 0 Å². The fourth-order valence-corrected chi connectivity index (χ4v) is 4.03. The number of nitriles is 1. The number of allylic oxidation sites excluding steroid dienone is 1. The zero-order valence-corrected chi connectivity index (χ0v) is 16.5. The van der Waals surface area contributed by atoms with Crippen molar-refractivity contribution in [1.29, 1.82) is 5.26 Å². The number of hydrogen-bond acceptors (Lipinski definition) is 6. The molecule has 0 fully saturated rings. The molecule has 142 valence electrons. The first kappa shape index (κ1) is 19.8. The summed E-state index contributed by atoms with van der Waals surface area (Å²) < 4.78 is 29.1. The molecular formula is C19H14F2N4OS2. The molecule has 0 atom stereocenters. The van der Waals surface area contributed by atoms with Crippen molar-refractivity contribution in [3.63, 3.8) is 0 Å². The van der Waals surface area contributed by atoms with Crippen LogP contribution in [0.2, 0.25) is 0 Å². The number of aryl methyl sites for hydroxylation is 1. The number of carbonyl (C=O) groups is 1. The van der Waals surface area contributed by atoms with Gasteiger partial charge in [-0.3, -0.25) is 10.1 Å². The molecular weight excluding hydrogens is 402 g/mol. The summed E-state index contributed by atoms with van der Waals surface area (Å²) in [5.41, 5.74) is 1.79. The van der Waals surface area contributed by atoms with Crippen LogP contribution < -0.4 is 5.32 Å². The third kappa shape index (κ3) is 4.47. The summed E-state index contributed by atoms with van der Waals surface area (Å²) in [5, 5.41) is 12.0. The highest BCUT2D eigenvalue weighted by Gasteiger charge is 2.17. The van der Waals surface area contributed by atoms with Gasteiger partial charge in [0.1, 0.15) is 5.82 Å². The fourth-order valence-electron chi connectivity index (χ4n) is 2.44. The van der Waals surface area contributed by atoms with E-state index in [0.717, 1.165) is 26.9 Å². The molecule has 28 heavy (non-hydrogen) atoms. The fraction of sp³-hybridized carbons (Fsp3) is 0.158. The van der Waals surface area contributed by atoms with Gasteiger partial charge in [0, 0.05) is 27.7 Å². The van der Waals surface area contributed by atoms with Crippen molar-refractivity contribution < 1.29 is 13.6 Å². The molecule has 0 unspecified atom stereocenters. The van der Waals surface area contributed by atoms with E-state index in [1.807, 2.05) is 13.0 Å². The number of aromatic nitrogens is 2. The summed E-state index contributed by atoms with van der Waals surface area (Å²) in [5.74, 6) is -0.107. The second-order valence-electron chi connectivity index (χ2n) is 5.96. The number of anilines is 1. The Morgan fingerprint density at radius 1 is 1.32 bits per heavy atom. The van der Waals surface area contributed by atoms with Crippen molar-refractivity contribution in [2.24, 2.45) is 0 Å². The minimum atomic E-state index is -1.75. The average Bonchev–Trinajstić information content (AvgIpc) is 3.28. The van der Waals surface area contributed by atoms with Crippen LogP contribution in [-0.2, 0) is 6.42 Å². The molecule has 0 aliphatic carbocycles. The van der Waals surface area contributed by atoms with Gasteiger partial charge in [-0.15, -0.1) is 11.3 Å². The van der Waals surface area contributed by atoms with Crippen LogP contribution in [-0.4, -0.2) is 15.3 Å². The lowest BCUT2D eigenvalue weighted by Gasteiger charge is -2.00. The number of thiophene rings is 1. The predicted molar refractivity (Wildman–Crippen MR) is 106 cm³/mol. The maximum atomic E-state index is 12.6. The molecule has 0 bridgehead atoms. The Kier molecular flexibility index (Phi) is 5.92. The zero-order chi connectivity index (χ0) is 20.3. The highest BCUT2D eigenvalue weighted by molar-refractivity contribution is 7.15. The summed E-state index contributed by atoms with van der Waals surface area (Å²) in [6, 6.07) is 11.0. The van der Waals surface area contributed by atoms with Crippen LogP contribution in [0, 0.1) is 18.3 Å². The van der Waals surface area contributed by atoms with Crippen LogP contribution in [0.15, 0.2) is 42.0 Å².